The predicted molar refractivity (Wildman–Crippen MR) is 131 cm³/mol. The van der Waals surface area contributed by atoms with Crippen molar-refractivity contribution >= 4 is 33.1 Å². The topological polar surface area (TPSA) is 22.4 Å². The molecule has 0 saturated carbocycles. The minimum absolute atomic E-state index is 0.0648. The molecule has 0 amide bonds. The second-order valence-corrected chi connectivity index (χ2v) is 11.2. The molecule has 0 spiro atoms. The Bertz CT molecular complexity index is 1540. The van der Waals surface area contributed by atoms with Crippen molar-refractivity contribution in [1.29, 1.82) is 0 Å². The van der Waals surface area contributed by atoms with E-state index in [4.69, 9.17) is 9.15 Å². The van der Waals surface area contributed by atoms with Gasteiger partial charge in [0, 0.05) is 20.7 Å². The van der Waals surface area contributed by atoms with Crippen LogP contribution in [0.5, 0.6) is 5.75 Å². The van der Waals surface area contributed by atoms with Crippen molar-refractivity contribution < 1.29 is 13.5 Å². The van der Waals surface area contributed by atoms with Crippen LogP contribution in [0.2, 0.25) is 0 Å². The van der Waals surface area contributed by atoms with Crippen molar-refractivity contribution in [3.05, 3.63) is 119 Å². The lowest BCUT2D eigenvalue weighted by Gasteiger charge is -2.35. The van der Waals surface area contributed by atoms with Crippen LogP contribution in [-0.4, -0.2) is 6.10 Å². The van der Waals surface area contributed by atoms with E-state index in [1.807, 2.05) is 54.6 Å². The van der Waals surface area contributed by atoms with Crippen molar-refractivity contribution in [3.8, 4) is 5.75 Å². The van der Waals surface area contributed by atoms with E-state index in [1.165, 1.54) is 6.07 Å². The Labute approximate surface area is 192 Å². The first-order valence-electron chi connectivity index (χ1n) is 10.9. The molecule has 2 unspecified atom stereocenters. The van der Waals surface area contributed by atoms with Crippen LogP contribution >= 0.6 is 10.0 Å². The predicted octanol–water partition coefficient (Wildman–Crippen LogP) is 8.11. The number of benzene rings is 3. The van der Waals surface area contributed by atoms with E-state index in [9.17, 15) is 0 Å². The zero-order valence-corrected chi connectivity index (χ0v) is 18.4. The van der Waals surface area contributed by atoms with E-state index in [2.05, 4.69) is 41.8 Å². The second kappa shape index (κ2) is 6.87. The summed E-state index contributed by atoms with van der Waals surface area (Å²) in [6.45, 7) is 0. The Hall–Kier alpha value is -3.76. The van der Waals surface area contributed by atoms with Crippen LogP contribution < -0.4 is 4.74 Å². The second-order valence-electron chi connectivity index (χ2n) is 8.31. The van der Waals surface area contributed by atoms with E-state index in [1.54, 1.807) is 6.07 Å². The average Bonchev–Trinajstić information content (AvgIpc) is 3.46. The number of furan rings is 1. The summed E-state index contributed by atoms with van der Waals surface area (Å²) in [7, 11) is -2.07. The summed E-state index contributed by atoms with van der Waals surface area (Å²) < 4.78 is 28.1. The fraction of sp³-hybridized carbons (Fsp3) is 0.0345. The van der Waals surface area contributed by atoms with Gasteiger partial charge in [0.1, 0.15) is 23.3 Å². The highest BCUT2D eigenvalue weighted by Crippen LogP contribution is 2.74. The van der Waals surface area contributed by atoms with Gasteiger partial charge in [-0.3, -0.25) is 0 Å². The Kier molecular flexibility index (Phi) is 3.91. The van der Waals surface area contributed by atoms with Gasteiger partial charge in [0.05, 0.1) is 0 Å². The van der Waals surface area contributed by atoms with Crippen molar-refractivity contribution in [2.45, 2.75) is 21.0 Å². The standard InChI is InChI=1S/C29H19FO2S/c30-23-9-3-6-12-28(23)33(29-18-20-8-2-5-11-25(20)32-29)16-15-21-22-17-19-7-1-4-10-24(19)31-26(22)13-14-27(21)33/h1-18,24H. The van der Waals surface area contributed by atoms with Crippen LogP contribution in [0.4, 0.5) is 4.39 Å². The van der Waals surface area contributed by atoms with Gasteiger partial charge in [0.15, 0.2) is 5.09 Å². The molecule has 33 heavy (non-hydrogen) atoms. The molecule has 2 aliphatic heterocycles. The number of fused-ring (bicyclic) bond motifs is 5. The third-order valence-electron chi connectivity index (χ3n) is 6.48. The van der Waals surface area contributed by atoms with Gasteiger partial charge in [0.25, 0.3) is 0 Å². The molecule has 2 atom stereocenters. The van der Waals surface area contributed by atoms with E-state index in [-0.39, 0.29) is 11.9 Å². The highest BCUT2D eigenvalue weighted by molar-refractivity contribution is 8.36. The van der Waals surface area contributed by atoms with E-state index in [0.717, 1.165) is 43.4 Å². The fourth-order valence-corrected chi connectivity index (χ4v) is 8.37. The monoisotopic (exact) mass is 450 g/mol. The number of hydrogen-bond donors (Lipinski definition) is 0. The maximum Gasteiger partial charge on any atom is 0.156 e. The molecule has 1 aliphatic carbocycles. The molecule has 160 valence electrons. The molecular formula is C29H19FO2S. The minimum Gasteiger partial charge on any atom is -0.481 e. The highest BCUT2D eigenvalue weighted by atomic mass is 32.3. The maximum atomic E-state index is 15.4. The Morgan fingerprint density at radius 3 is 2.61 bits per heavy atom. The third kappa shape index (κ3) is 2.61. The van der Waals surface area contributed by atoms with Crippen LogP contribution in [0, 0.1) is 5.82 Å². The van der Waals surface area contributed by atoms with Gasteiger partial charge >= 0.3 is 0 Å². The largest absolute Gasteiger partial charge is 0.481 e. The zero-order valence-electron chi connectivity index (χ0n) is 17.6. The minimum atomic E-state index is -2.07. The summed E-state index contributed by atoms with van der Waals surface area (Å²) in [5.41, 5.74) is 4.04. The van der Waals surface area contributed by atoms with Gasteiger partial charge in [-0.25, -0.2) is 4.39 Å². The Morgan fingerprint density at radius 2 is 1.70 bits per heavy atom. The molecule has 0 N–H and O–H groups in total. The molecule has 0 fully saturated rings. The molecule has 2 nitrogen and oxygen atoms in total. The zero-order chi connectivity index (χ0) is 22.0. The van der Waals surface area contributed by atoms with Crippen molar-refractivity contribution in [3.63, 3.8) is 0 Å². The normalized spacial score (nSPS) is 23.9. The lowest BCUT2D eigenvalue weighted by molar-refractivity contribution is 0.282. The molecule has 1 aromatic heterocycles. The van der Waals surface area contributed by atoms with Crippen LogP contribution in [-0.2, 0) is 0 Å². The molecule has 0 saturated heterocycles. The van der Waals surface area contributed by atoms with Crippen molar-refractivity contribution in [1.82, 2.24) is 0 Å². The summed E-state index contributed by atoms with van der Waals surface area (Å²) in [5, 5.41) is 3.95. The number of para-hydroxylation sites is 1. The average molecular weight is 451 g/mol. The van der Waals surface area contributed by atoms with E-state index in [0.29, 0.717) is 4.90 Å². The number of ether oxygens (including phenoxy) is 1. The number of rotatable bonds is 2. The number of hydrogen-bond acceptors (Lipinski definition) is 2. The Balaban J connectivity index is 1.51. The summed E-state index contributed by atoms with van der Waals surface area (Å²) >= 11 is 0. The third-order valence-corrected chi connectivity index (χ3v) is 9.93. The first kappa shape index (κ1) is 18.8. The molecule has 4 aromatic rings. The van der Waals surface area contributed by atoms with Gasteiger partial charge in [-0.2, -0.15) is 0 Å². The maximum absolute atomic E-state index is 15.4. The molecule has 7 rings (SSSR count). The number of halogens is 1. The molecule has 0 radical (unpaired) electrons. The number of allylic oxidation sites excluding steroid dienone is 2. The molecule has 3 aliphatic rings. The molecule has 0 bridgehead atoms. The smallest absolute Gasteiger partial charge is 0.156 e. The van der Waals surface area contributed by atoms with E-state index < -0.39 is 10.0 Å². The van der Waals surface area contributed by atoms with Gasteiger partial charge in [-0.05, 0) is 71.2 Å². The summed E-state index contributed by atoms with van der Waals surface area (Å²) in [6.07, 6.45) is 12.4. The highest BCUT2D eigenvalue weighted by Gasteiger charge is 2.40. The molecule has 3 heterocycles. The fourth-order valence-electron chi connectivity index (χ4n) is 4.92. The molecular weight excluding hydrogens is 431 g/mol. The van der Waals surface area contributed by atoms with Crippen molar-refractivity contribution in [2.75, 3.05) is 0 Å². The molecule has 4 heteroatoms. The molecule has 3 aromatic carbocycles. The first-order valence-corrected chi connectivity index (χ1v) is 12.6. The van der Waals surface area contributed by atoms with Gasteiger partial charge in [-0.1, -0.05) is 48.6 Å². The van der Waals surface area contributed by atoms with Crippen LogP contribution in [0.25, 0.3) is 23.1 Å². The van der Waals surface area contributed by atoms with E-state index >= 15 is 4.39 Å². The summed E-state index contributed by atoms with van der Waals surface area (Å²) in [4.78, 5) is 1.72. The van der Waals surface area contributed by atoms with Gasteiger partial charge < -0.3 is 9.15 Å². The van der Waals surface area contributed by atoms with Gasteiger partial charge in [-0.15, -0.1) is 10.0 Å². The quantitative estimate of drug-likeness (QED) is 0.308. The lowest BCUT2D eigenvalue weighted by Crippen LogP contribution is -2.21. The van der Waals surface area contributed by atoms with Crippen LogP contribution in [0.3, 0.4) is 0 Å². The summed E-state index contributed by atoms with van der Waals surface area (Å²) in [6, 6.07) is 21.2. The summed E-state index contributed by atoms with van der Waals surface area (Å²) in [5.74, 6) is 0.624. The Morgan fingerprint density at radius 1 is 0.818 bits per heavy atom. The van der Waals surface area contributed by atoms with Gasteiger partial charge in [0.2, 0.25) is 0 Å². The lowest BCUT2D eigenvalue weighted by atomic mass is 9.95. The first-order chi connectivity index (χ1) is 16.2. The SMILES string of the molecule is Fc1ccccc1S1(c2cc3ccccc3o2)C=Cc2c1ccc1c2C=C2C=CC=CC2O1. The van der Waals surface area contributed by atoms with Crippen LogP contribution in [0.1, 0.15) is 11.1 Å². The van der Waals surface area contributed by atoms with Crippen molar-refractivity contribution in [2.24, 2.45) is 0 Å². The van der Waals surface area contributed by atoms with Crippen LogP contribution in [0.15, 0.2) is 121 Å².